The largest absolute Gasteiger partial charge is 0.456 e. The van der Waals surface area contributed by atoms with Crippen molar-refractivity contribution in [3.63, 3.8) is 0 Å². The summed E-state index contributed by atoms with van der Waals surface area (Å²) >= 11 is 0. The summed E-state index contributed by atoms with van der Waals surface area (Å²) in [5.41, 5.74) is 8.41. The highest BCUT2D eigenvalue weighted by molar-refractivity contribution is 7.58. The fraction of sp³-hybridized carbons (Fsp3) is 0.241. The van der Waals surface area contributed by atoms with E-state index in [-0.39, 0.29) is 39.9 Å². The van der Waals surface area contributed by atoms with Gasteiger partial charge in [0, 0.05) is 34.9 Å². The monoisotopic (exact) mass is 531 g/mol. The molecule has 0 saturated heterocycles. The fourth-order valence-corrected chi connectivity index (χ4v) is 6.65. The number of rotatable bonds is 8. The van der Waals surface area contributed by atoms with E-state index in [2.05, 4.69) is 70.1 Å². The van der Waals surface area contributed by atoms with Crippen LogP contribution in [-0.2, 0) is 9.59 Å². The van der Waals surface area contributed by atoms with Crippen LogP contribution >= 0.6 is 17.2 Å². The van der Waals surface area contributed by atoms with Crippen molar-refractivity contribution >= 4 is 67.2 Å². The number of anilines is 2. The van der Waals surface area contributed by atoms with Crippen LogP contribution in [0.5, 0.6) is 0 Å². The molecule has 4 aromatic rings. The van der Waals surface area contributed by atoms with E-state index in [1.54, 1.807) is 13.8 Å². The van der Waals surface area contributed by atoms with E-state index in [0.29, 0.717) is 0 Å². The number of nitrogens with zero attached hydrogens (tertiary/aromatic N) is 1. The van der Waals surface area contributed by atoms with Crippen LogP contribution in [-0.4, -0.2) is 29.8 Å². The van der Waals surface area contributed by atoms with Gasteiger partial charge < -0.3 is 20.0 Å². The van der Waals surface area contributed by atoms with Crippen molar-refractivity contribution in [1.82, 2.24) is 5.32 Å². The van der Waals surface area contributed by atoms with E-state index >= 15 is 0 Å². The maximum Gasteiger partial charge on any atom is 0.152 e. The number of fused-ring (bicyclic) bond motifs is 4. The lowest BCUT2D eigenvalue weighted by Crippen LogP contribution is -2.28. The summed E-state index contributed by atoms with van der Waals surface area (Å²) in [5.74, 6) is 0.0923. The molecule has 190 valence electrons. The summed E-state index contributed by atoms with van der Waals surface area (Å²) in [6, 6.07) is 19.0. The van der Waals surface area contributed by atoms with Crippen molar-refractivity contribution in [2.45, 2.75) is 39.4 Å². The van der Waals surface area contributed by atoms with E-state index in [0.717, 1.165) is 55.7 Å². The molecular weight excluding hydrogens is 500 g/mol. The zero-order valence-electron chi connectivity index (χ0n) is 21.6. The van der Waals surface area contributed by atoms with Crippen LogP contribution in [0.1, 0.15) is 33.3 Å². The van der Waals surface area contributed by atoms with Gasteiger partial charge in [-0.05, 0) is 92.4 Å². The first-order valence-corrected chi connectivity index (χ1v) is 14.5. The Morgan fingerprint density at radius 1 is 1.00 bits per heavy atom. The molecule has 0 aliphatic carbocycles. The van der Waals surface area contributed by atoms with Gasteiger partial charge >= 0.3 is 0 Å². The SMILES string of the molecule is C/C=C(\NC(C)PC(C)=O)c1ccc2c(c1)oc1cc(-c3ccc4c(c3)N(C)C(PC(C)=O)N4)ccc12. The number of hydrogen-bond donors (Lipinski definition) is 2. The Labute approximate surface area is 220 Å². The molecular formula is C29H31N3O3P2. The highest BCUT2D eigenvalue weighted by atomic mass is 31.1. The number of nitrogens with one attached hydrogen (secondary N) is 2. The molecule has 1 aliphatic heterocycles. The number of carbonyl (C=O) groups is 2. The molecule has 8 heteroatoms. The Morgan fingerprint density at radius 3 is 2.38 bits per heavy atom. The number of benzene rings is 3. The molecule has 2 N–H and O–H groups in total. The van der Waals surface area contributed by atoms with E-state index in [9.17, 15) is 9.59 Å². The first kappa shape index (κ1) is 25.4. The van der Waals surface area contributed by atoms with Gasteiger partial charge in [0.25, 0.3) is 0 Å². The Bertz CT molecular complexity index is 1560. The Balaban J connectivity index is 1.45. The molecule has 6 nitrogen and oxygen atoms in total. The van der Waals surface area contributed by atoms with E-state index in [4.69, 9.17) is 4.42 Å². The van der Waals surface area contributed by atoms with Crippen LogP contribution < -0.4 is 15.5 Å². The molecule has 2 heterocycles. The highest BCUT2D eigenvalue weighted by Crippen LogP contribution is 2.42. The number of furan rings is 1. The molecule has 4 atom stereocenters. The molecule has 0 bridgehead atoms. The first-order chi connectivity index (χ1) is 17.7. The third-order valence-corrected chi connectivity index (χ3v) is 8.79. The predicted octanol–water partition coefficient (Wildman–Crippen LogP) is 7.14. The highest BCUT2D eigenvalue weighted by Gasteiger charge is 2.27. The van der Waals surface area contributed by atoms with Crippen LogP contribution in [0.2, 0.25) is 0 Å². The average Bonchev–Trinajstić information content (AvgIpc) is 3.37. The van der Waals surface area contributed by atoms with Gasteiger partial charge in [-0.3, -0.25) is 9.59 Å². The van der Waals surface area contributed by atoms with E-state index in [1.807, 2.05) is 27.0 Å². The van der Waals surface area contributed by atoms with Gasteiger partial charge in [-0.15, -0.1) is 0 Å². The van der Waals surface area contributed by atoms with Gasteiger partial charge in [-0.25, -0.2) is 0 Å². The van der Waals surface area contributed by atoms with Crippen molar-refractivity contribution in [3.05, 3.63) is 66.2 Å². The zero-order valence-corrected chi connectivity index (χ0v) is 23.6. The topological polar surface area (TPSA) is 74.6 Å². The Kier molecular flexibility index (Phi) is 7.07. The zero-order chi connectivity index (χ0) is 26.3. The lowest BCUT2D eigenvalue weighted by molar-refractivity contribution is -0.110. The molecule has 0 spiro atoms. The molecule has 1 aromatic heterocycles. The van der Waals surface area contributed by atoms with E-state index in [1.165, 1.54) is 0 Å². The third kappa shape index (κ3) is 5.14. The van der Waals surface area contributed by atoms with Gasteiger partial charge in [0.2, 0.25) is 0 Å². The minimum atomic E-state index is 0.0114. The molecule has 1 aliphatic rings. The quantitative estimate of drug-likeness (QED) is 0.235. The minimum Gasteiger partial charge on any atom is -0.456 e. The van der Waals surface area contributed by atoms with Crippen LogP contribution in [0.3, 0.4) is 0 Å². The minimum absolute atomic E-state index is 0.0114. The van der Waals surface area contributed by atoms with Crippen LogP contribution in [0.4, 0.5) is 11.4 Å². The van der Waals surface area contributed by atoms with Crippen molar-refractivity contribution < 1.29 is 14.0 Å². The van der Waals surface area contributed by atoms with Crippen molar-refractivity contribution in [2.75, 3.05) is 17.3 Å². The van der Waals surface area contributed by atoms with Gasteiger partial charge in [0.05, 0.1) is 11.4 Å². The van der Waals surface area contributed by atoms with Crippen molar-refractivity contribution in [1.29, 1.82) is 0 Å². The standard InChI is InChI=1S/C29H31N3O3P2/c1-6-24(30-16(2)36-17(3)33)21-8-11-23-22-10-7-20(14-27(22)35-28(23)15-21)19-9-12-25-26(13-19)32(5)29(31-25)37-18(4)34/h6-16,29-31,36-37H,1-5H3/b24-6-. The summed E-state index contributed by atoms with van der Waals surface area (Å²) < 4.78 is 6.33. The smallest absolute Gasteiger partial charge is 0.152 e. The second kappa shape index (κ2) is 10.3. The summed E-state index contributed by atoms with van der Waals surface area (Å²) in [6.45, 7) is 7.29. The maximum absolute atomic E-state index is 11.7. The normalized spacial score (nSPS) is 16.7. The van der Waals surface area contributed by atoms with Gasteiger partial charge in [-0.2, -0.15) is 0 Å². The van der Waals surface area contributed by atoms with Crippen LogP contribution in [0, 0.1) is 0 Å². The van der Waals surface area contributed by atoms with Crippen LogP contribution in [0.25, 0.3) is 38.8 Å². The lowest BCUT2D eigenvalue weighted by atomic mass is 10.0. The number of hydrogen-bond acceptors (Lipinski definition) is 6. The molecule has 37 heavy (non-hydrogen) atoms. The average molecular weight is 532 g/mol. The second-order valence-electron chi connectivity index (χ2n) is 9.38. The van der Waals surface area contributed by atoms with Crippen LogP contribution in [0.15, 0.2) is 65.1 Å². The first-order valence-electron chi connectivity index (χ1n) is 12.3. The molecule has 3 aromatic carbocycles. The van der Waals surface area contributed by atoms with Gasteiger partial charge in [0.1, 0.15) is 22.6 Å². The van der Waals surface area contributed by atoms with Gasteiger partial charge in [-0.1, -0.05) is 24.3 Å². The number of allylic oxidation sites excluding steroid dienone is 1. The summed E-state index contributed by atoms with van der Waals surface area (Å²) in [4.78, 5) is 25.3. The summed E-state index contributed by atoms with van der Waals surface area (Å²) in [7, 11) is 2.44. The molecule has 0 radical (unpaired) electrons. The molecule has 4 unspecified atom stereocenters. The Morgan fingerprint density at radius 2 is 1.68 bits per heavy atom. The molecule has 0 saturated carbocycles. The maximum atomic E-state index is 11.7. The summed E-state index contributed by atoms with van der Waals surface area (Å²) in [5, 5.41) is 9.07. The van der Waals surface area contributed by atoms with Crippen molar-refractivity contribution in [2.24, 2.45) is 0 Å². The fourth-order valence-electron chi connectivity index (χ4n) is 4.87. The molecule has 5 rings (SSSR count). The summed E-state index contributed by atoms with van der Waals surface area (Å²) in [6.07, 6.45) is 2.03. The molecule has 0 amide bonds. The number of carbonyl (C=O) groups excluding carboxylic acids is 2. The predicted molar refractivity (Wildman–Crippen MR) is 159 cm³/mol. The van der Waals surface area contributed by atoms with Gasteiger partial charge in [0.15, 0.2) is 5.52 Å². The third-order valence-electron chi connectivity index (χ3n) is 6.60. The van der Waals surface area contributed by atoms with Crippen molar-refractivity contribution in [3.8, 4) is 11.1 Å². The van der Waals surface area contributed by atoms with E-state index < -0.39 is 0 Å². The molecule has 0 fully saturated rings. The lowest BCUT2D eigenvalue weighted by Gasteiger charge is -2.20. The second-order valence-corrected chi connectivity index (χ2v) is 12.8. The Hall–Kier alpha value is -3.20.